The van der Waals surface area contributed by atoms with E-state index in [1.807, 2.05) is 0 Å². The molecule has 0 saturated carbocycles. The van der Waals surface area contributed by atoms with Gasteiger partial charge in [-0.2, -0.15) is 0 Å². The maximum atomic E-state index is 14.0. The van der Waals surface area contributed by atoms with Crippen LogP contribution in [0.5, 0.6) is 28.7 Å². The van der Waals surface area contributed by atoms with E-state index in [4.69, 9.17) is 23.7 Å². The Balaban J connectivity index is 1.79. The van der Waals surface area contributed by atoms with Crippen molar-refractivity contribution < 1.29 is 33.3 Å². The molecule has 3 aromatic rings. The Bertz CT molecular complexity index is 1280. The zero-order chi connectivity index (χ0) is 25.9. The molecule has 36 heavy (non-hydrogen) atoms. The summed E-state index contributed by atoms with van der Waals surface area (Å²) in [6, 6.07) is 17.3. The summed E-state index contributed by atoms with van der Waals surface area (Å²) in [5.74, 6) is 2.01. The fourth-order valence-electron chi connectivity index (χ4n) is 4.39. The van der Waals surface area contributed by atoms with Gasteiger partial charge in [0.2, 0.25) is 5.91 Å². The van der Waals surface area contributed by atoms with E-state index in [1.54, 1.807) is 67.8 Å². The highest BCUT2D eigenvalue weighted by Gasteiger charge is 2.58. The molecule has 2 amide bonds. The molecule has 0 radical (unpaired) electrons. The first-order chi connectivity index (χ1) is 17.4. The van der Waals surface area contributed by atoms with Crippen LogP contribution in [0.3, 0.4) is 0 Å². The second kappa shape index (κ2) is 10.1. The molecule has 1 atom stereocenters. The molecular weight excluding hydrogens is 464 g/mol. The zero-order valence-corrected chi connectivity index (χ0v) is 20.8. The second-order valence-electron chi connectivity index (χ2n) is 8.06. The second-order valence-corrected chi connectivity index (χ2v) is 8.06. The molecule has 3 aromatic carbocycles. The van der Waals surface area contributed by atoms with Crippen molar-refractivity contribution >= 4 is 23.2 Å². The van der Waals surface area contributed by atoms with E-state index in [0.717, 1.165) is 0 Å². The molecule has 0 aliphatic carbocycles. The third-order valence-corrected chi connectivity index (χ3v) is 6.25. The maximum absolute atomic E-state index is 14.0. The van der Waals surface area contributed by atoms with Crippen molar-refractivity contribution in [2.75, 3.05) is 45.8 Å². The van der Waals surface area contributed by atoms with Crippen LogP contribution in [0, 0.1) is 0 Å². The number of carbonyl (C=O) groups is 2. The van der Waals surface area contributed by atoms with Gasteiger partial charge in [-0.15, -0.1) is 0 Å². The van der Waals surface area contributed by atoms with Crippen LogP contribution >= 0.6 is 0 Å². The van der Waals surface area contributed by atoms with Crippen LogP contribution in [0.1, 0.15) is 12.0 Å². The number of nitrogens with one attached hydrogen (secondary N) is 1. The van der Waals surface area contributed by atoms with Gasteiger partial charge in [0.25, 0.3) is 5.91 Å². The molecule has 0 aromatic heterocycles. The summed E-state index contributed by atoms with van der Waals surface area (Å²) in [7, 11) is 7.67. The van der Waals surface area contributed by atoms with Crippen molar-refractivity contribution in [2.45, 2.75) is 12.0 Å². The van der Waals surface area contributed by atoms with E-state index >= 15 is 0 Å². The standard InChI is InChI=1S/C27H28N2O7/c1-32-20-10-6-17(7-11-20)27(26(31)28-18-8-12-21(33-2)23(14-18)35-4)16-25(30)29(27)19-9-13-22(34-3)24(15-19)36-5/h6-15H,16H2,1-5H3,(H,28,31). The summed E-state index contributed by atoms with van der Waals surface area (Å²) in [6.45, 7) is 0. The van der Waals surface area contributed by atoms with Gasteiger partial charge in [-0.3, -0.25) is 14.5 Å². The van der Waals surface area contributed by atoms with Gasteiger partial charge in [0.05, 0.1) is 42.0 Å². The summed E-state index contributed by atoms with van der Waals surface area (Å²) in [6.07, 6.45) is -0.0210. The van der Waals surface area contributed by atoms with Gasteiger partial charge in [-0.05, 0) is 42.0 Å². The monoisotopic (exact) mass is 492 g/mol. The van der Waals surface area contributed by atoms with Crippen LogP contribution < -0.4 is 33.9 Å². The Morgan fingerprint density at radius 3 is 1.89 bits per heavy atom. The SMILES string of the molecule is COc1ccc(C2(C(=O)Nc3ccc(OC)c(OC)c3)CC(=O)N2c2ccc(OC)c(OC)c2)cc1. The van der Waals surface area contributed by atoms with Gasteiger partial charge in [0.15, 0.2) is 28.5 Å². The molecule has 1 fully saturated rings. The summed E-state index contributed by atoms with van der Waals surface area (Å²) in [5.41, 5.74) is 0.325. The van der Waals surface area contributed by atoms with E-state index < -0.39 is 5.54 Å². The lowest BCUT2D eigenvalue weighted by Crippen LogP contribution is -2.67. The van der Waals surface area contributed by atoms with Gasteiger partial charge >= 0.3 is 0 Å². The fraction of sp³-hybridized carbons (Fsp3) is 0.259. The van der Waals surface area contributed by atoms with Crippen LogP contribution in [0.4, 0.5) is 11.4 Å². The van der Waals surface area contributed by atoms with Gasteiger partial charge < -0.3 is 29.0 Å². The zero-order valence-electron chi connectivity index (χ0n) is 20.8. The smallest absolute Gasteiger partial charge is 0.255 e. The number of hydrogen-bond acceptors (Lipinski definition) is 7. The van der Waals surface area contributed by atoms with Crippen molar-refractivity contribution in [1.82, 2.24) is 0 Å². The van der Waals surface area contributed by atoms with Crippen LogP contribution in [0.25, 0.3) is 0 Å². The lowest BCUT2D eigenvalue weighted by atomic mass is 9.76. The van der Waals surface area contributed by atoms with Gasteiger partial charge in [0, 0.05) is 23.5 Å². The first-order valence-corrected chi connectivity index (χ1v) is 11.1. The molecule has 0 spiro atoms. The number of carbonyl (C=O) groups excluding carboxylic acids is 2. The molecule has 188 valence electrons. The Morgan fingerprint density at radius 1 is 0.750 bits per heavy atom. The first-order valence-electron chi connectivity index (χ1n) is 11.1. The largest absolute Gasteiger partial charge is 0.497 e. The summed E-state index contributed by atoms with van der Waals surface area (Å²) >= 11 is 0. The van der Waals surface area contributed by atoms with Gasteiger partial charge in [-0.25, -0.2) is 0 Å². The molecule has 9 heteroatoms. The van der Waals surface area contributed by atoms with Crippen molar-refractivity contribution in [3.8, 4) is 28.7 Å². The van der Waals surface area contributed by atoms with Crippen molar-refractivity contribution in [3.63, 3.8) is 0 Å². The third kappa shape index (κ3) is 4.13. The molecule has 0 bridgehead atoms. The highest BCUT2D eigenvalue weighted by atomic mass is 16.5. The Hall–Kier alpha value is -4.40. The summed E-state index contributed by atoms with van der Waals surface area (Å²) < 4.78 is 26.7. The van der Waals surface area contributed by atoms with Crippen LogP contribution in [-0.2, 0) is 15.1 Å². The van der Waals surface area contributed by atoms with E-state index in [0.29, 0.717) is 45.7 Å². The Labute approximate surface area is 209 Å². The molecule has 9 nitrogen and oxygen atoms in total. The van der Waals surface area contributed by atoms with Crippen LogP contribution in [-0.4, -0.2) is 47.4 Å². The minimum atomic E-state index is -1.31. The topological polar surface area (TPSA) is 95.6 Å². The van der Waals surface area contributed by atoms with E-state index in [-0.39, 0.29) is 18.2 Å². The molecular formula is C27H28N2O7. The fourth-order valence-corrected chi connectivity index (χ4v) is 4.39. The Morgan fingerprint density at radius 2 is 1.33 bits per heavy atom. The van der Waals surface area contributed by atoms with E-state index in [9.17, 15) is 9.59 Å². The van der Waals surface area contributed by atoms with Gasteiger partial charge in [0.1, 0.15) is 5.75 Å². The molecule has 1 N–H and O–H groups in total. The quantitative estimate of drug-likeness (QED) is 0.451. The number of β-lactam (4-membered cyclic amide) rings is 1. The van der Waals surface area contributed by atoms with Crippen LogP contribution in [0.2, 0.25) is 0 Å². The number of rotatable bonds is 9. The van der Waals surface area contributed by atoms with Crippen molar-refractivity contribution in [2.24, 2.45) is 0 Å². The molecule has 4 rings (SSSR count). The minimum Gasteiger partial charge on any atom is -0.497 e. The molecule has 1 saturated heterocycles. The highest BCUT2D eigenvalue weighted by molar-refractivity contribution is 6.17. The average molecular weight is 493 g/mol. The molecule has 1 aliphatic rings. The van der Waals surface area contributed by atoms with E-state index in [2.05, 4.69) is 5.32 Å². The Kier molecular flexibility index (Phi) is 6.91. The highest BCUT2D eigenvalue weighted by Crippen LogP contribution is 2.48. The number of amides is 2. The number of hydrogen-bond donors (Lipinski definition) is 1. The number of ether oxygens (including phenoxy) is 5. The normalized spacial score (nSPS) is 16.6. The molecule has 1 heterocycles. The molecule has 1 unspecified atom stereocenters. The number of nitrogens with zero attached hydrogens (tertiary/aromatic N) is 1. The minimum absolute atomic E-state index is 0.0210. The summed E-state index contributed by atoms with van der Waals surface area (Å²) in [5, 5.41) is 2.95. The van der Waals surface area contributed by atoms with E-state index in [1.165, 1.54) is 33.3 Å². The van der Waals surface area contributed by atoms with Crippen molar-refractivity contribution in [3.05, 3.63) is 66.2 Å². The van der Waals surface area contributed by atoms with Crippen LogP contribution in [0.15, 0.2) is 60.7 Å². The van der Waals surface area contributed by atoms with Gasteiger partial charge in [-0.1, -0.05) is 12.1 Å². The maximum Gasteiger partial charge on any atom is 0.255 e. The molecule has 1 aliphatic heterocycles. The number of methoxy groups -OCH3 is 5. The summed E-state index contributed by atoms with van der Waals surface area (Å²) in [4.78, 5) is 28.5. The third-order valence-electron chi connectivity index (χ3n) is 6.25. The predicted molar refractivity (Wildman–Crippen MR) is 134 cm³/mol. The number of anilines is 2. The predicted octanol–water partition coefficient (Wildman–Crippen LogP) is 4.00. The lowest BCUT2D eigenvalue weighted by Gasteiger charge is -2.50. The van der Waals surface area contributed by atoms with Crippen molar-refractivity contribution in [1.29, 1.82) is 0 Å². The average Bonchev–Trinajstić information content (AvgIpc) is 2.91. The first kappa shape index (κ1) is 24.7. The number of benzene rings is 3. The lowest BCUT2D eigenvalue weighted by molar-refractivity contribution is -0.137.